The highest BCUT2D eigenvalue weighted by Crippen LogP contribution is 2.42. The van der Waals surface area contributed by atoms with Crippen molar-refractivity contribution in [1.29, 1.82) is 0 Å². The maximum Gasteiger partial charge on any atom is 0.291 e. The summed E-state index contributed by atoms with van der Waals surface area (Å²) in [6.45, 7) is 6.39. The zero-order valence-corrected chi connectivity index (χ0v) is 21.3. The largest absolute Gasteiger partial charge is 0.493 e. The molecule has 1 aromatic heterocycles. The fraction of sp³-hybridized carbons (Fsp3) is 0.241. The summed E-state index contributed by atoms with van der Waals surface area (Å²) in [5.41, 5.74) is 3.76. The number of hydrogen-bond acceptors (Lipinski definition) is 5. The van der Waals surface area contributed by atoms with Gasteiger partial charge in [0.15, 0.2) is 16.9 Å². The van der Waals surface area contributed by atoms with Crippen LogP contribution in [0.3, 0.4) is 0 Å². The summed E-state index contributed by atoms with van der Waals surface area (Å²) in [6.07, 6.45) is 0. The summed E-state index contributed by atoms with van der Waals surface area (Å²) in [5.74, 6) is 0.802. The third-order valence-corrected chi connectivity index (χ3v) is 6.88. The molecule has 0 bridgehead atoms. The van der Waals surface area contributed by atoms with E-state index in [1.54, 1.807) is 30.2 Å². The molecule has 0 fully saturated rings. The van der Waals surface area contributed by atoms with Crippen LogP contribution < -0.4 is 14.9 Å². The molecule has 0 spiro atoms. The predicted octanol–water partition coefficient (Wildman–Crippen LogP) is 6.22. The standard InChI is InChI=1S/C29H26ClNO5/c1-5-35-21-11-10-18(14-22(21)34-4)26-25-27(32)24-17(3)12-16(2)13-23(24)36-28(25)29(33)31(26)15-19-8-6-7-9-20(19)30/h6-14,26H,5,15H2,1-4H3. The van der Waals surface area contributed by atoms with Crippen LogP contribution in [-0.2, 0) is 6.54 Å². The van der Waals surface area contributed by atoms with Gasteiger partial charge >= 0.3 is 0 Å². The van der Waals surface area contributed by atoms with Crippen molar-refractivity contribution in [2.24, 2.45) is 0 Å². The van der Waals surface area contributed by atoms with Crippen molar-refractivity contribution in [3.63, 3.8) is 0 Å². The second-order valence-electron chi connectivity index (χ2n) is 8.90. The van der Waals surface area contributed by atoms with Crippen LogP contribution in [0.1, 0.15) is 51.3 Å². The van der Waals surface area contributed by atoms with Crippen molar-refractivity contribution < 1.29 is 18.7 Å². The summed E-state index contributed by atoms with van der Waals surface area (Å²) in [6, 6.07) is 15.9. The topological polar surface area (TPSA) is 69.0 Å². The highest BCUT2D eigenvalue weighted by molar-refractivity contribution is 6.31. The Hall–Kier alpha value is -3.77. The number of carbonyl (C=O) groups excluding carboxylic acids is 1. The molecular weight excluding hydrogens is 478 g/mol. The first-order chi connectivity index (χ1) is 17.3. The maximum absolute atomic E-state index is 13.9. The van der Waals surface area contributed by atoms with E-state index in [0.29, 0.717) is 45.2 Å². The predicted molar refractivity (Wildman–Crippen MR) is 139 cm³/mol. The molecule has 1 aliphatic rings. The van der Waals surface area contributed by atoms with Crippen LogP contribution in [0.25, 0.3) is 11.0 Å². The Morgan fingerprint density at radius 1 is 1.03 bits per heavy atom. The lowest BCUT2D eigenvalue weighted by Crippen LogP contribution is -2.29. The van der Waals surface area contributed by atoms with Crippen LogP contribution in [-0.4, -0.2) is 24.5 Å². The van der Waals surface area contributed by atoms with E-state index in [-0.39, 0.29) is 23.6 Å². The second-order valence-corrected chi connectivity index (χ2v) is 9.31. The monoisotopic (exact) mass is 503 g/mol. The van der Waals surface area contributed by atoms with Gasteiger partial charge in [-0.1, -0.05) is 41.9 Å². The number of methoxy groups -OCH3 is 1. The zero-order chi connectivity index (χ0) is 25.6. The molecule has 4 aromatic rings. The van der Waals surface area contributed by atoms with Crippen molar-refractivity contribution in [2.75, 3.05) is 13.7 Å². The van der Waals surface area contributed by atoms with E-state index in [2.05, 4.69) is 0 Å². The lowest BCUT2D eigenvalue weighted by molar-refractivity contribution is 0.0714. The number of carbonyl (C=O) groups is 1. The van der Waals surface area contributed by atoms with Gasteiger partial charge in [0.2, 0.25) is 5.76 Å². The molecule has 0 aliphatic carbocycles. The van der Waals surface area contributed by atoms with Crippen LogP contribution in [0.5, 0.6) is 11.5 Å². The maximum atomic E-state index is 13.9. The number of rotatable bonds is 6. The molecular formula is C29H26ClNO5. The van der Waals surface area contributed by atoms with Gasteiger partial charge in [0.1, 0.15) is 5.58 Å². The number of ether oxygens (including phenoxy) is 2. The normalized spacial score (nSPS) is 14.9. The van der Waals surface area contributed by atoms with Crippen molar-refractivity contribution in [3.8, 4) is 11.5 Å². The fourth-order valence-corrected chi connectivity index (χ4v) is 5.16. The number of fused-ring (bicyclic) bond motifs is 2. The van der Waals surface area contributed by atoms with E-state index in [1.165, 1.54) is 0 Å². The molecule has 3 aromatic carbocycles. The molecule has 1 aliphatic heterocycles. The van der Waals surface area contributed by atoms with E-state index in [0.717, 1.165) is 16.7 Å². The molecule has 1 unspecified atom stereocenters. The van der Waals surface area contributed by atoms with E-state index >= 15 is 0 Å². The molecule has 1 atom stereocenters. The van der Waals surface area contributed by atoms with Gasteiger partial charge in [-0.3, -0.25) is 9.59 Å². The Kier molecular flexibility index (Phi) is 6.22. The highest BCUT2D eigenvalue weighted by Gasteiger charge is 2.43. The molecule has 6 nitrogen and oxygen atoms in total. The van der Waals surface area contributed by atoms with Crippen LogP contribution in [0, 0.1) is 13.8 Å². The summed E-state index contributed by atoms with van der Waals surface area (Å²) in [5, 5.41) is 1.02. The number of nitrogens with zero attached hydrogens (tertiary/aromatic N) is 1. The Labute approximate surface area is 214 Å². The number of benzene rings is 3. The molecule has 184 valence electrons. The minimum atomic E-state index is -0.685. The molecule has 7 heteroatoms. The smallest absolute Gasteiger partial charge is 0.291 e. The molecule has 5 rings (SSSR count). The third kappa shape index (κ3) is 3.91. The summed E-state index contributed by atoms with van der Waals surface area (Å²) < 4.78 is 17.4. The fourth-order valence-electron chi connectivity index (χ4n) is 4.96. The Bertz CT molecular complexity index is 1560. The summed E-state index contributed by atoms with van der Waals surface area (Å²) >= 11 is 6.45. The Balaban J connectivity index is 1.75. The Morgan fingerprint density at radius 3 is 2.53 bits per heavy atom. The van der Waals surface area contributed by atoms with Gasteiger partial charge in [-0.25, -0.2) is 0 Å². The van der Waals surface area contributed by atoms with Crippen LogP contribution >= 0.6 is 11.6 Å². The zero-order valence-electron chi connectivity index (χ0n) is 20.6. The van der Waals surface area contributed by atoms with Gasteiger partial charge in [-0.15, -0.1) is 0 Å². The van der Waals surface area contributed by atoms with Crippen molar-refractivity contribution in [3.05, 3.63) is 103 Å². The number of aryl methyl sites for hydroxylation is 2. The van der Waals surface area contributed by atoms with Gasteiger partial charge in [-0.2, -0.15) is 0 Å². The quantitative estimate of drug-likeness (QED) is 0.312. The molecule has 0 N–H and O–H groups in total. The van der Waals surface area contributed by atoms with Crippen molar-refractivity contribution in [2.45, 2.75) is 33.4 Å². The third-order valence-electron chi connectivity index (χ3n) is 6.51. The number of halogens is 1. The first-order valence-corrected chi connectivity index (χ1v) is 12.1. The highest BCUT2D eigenvalue weighted by atomic mass is 35.5. The average Bonchev–Trinajstić information content (AvgIpc) is 3.12. The lowest BCUT2D eigenvalue weighted by atomic mass is 9.96. The summed E-state index contributed by atoms with van der Waals surface area (Å²) in [4.78, 5) is 29.4. The van der Waals surface area contributed by atoms with Gasteiger partial charge in [0, 0.05) is 11.6 Å². The molecule has 0 radical (unpaired) electrons. The van der Waals surface area contributed by atoms with Crippen molar-refractivity contribution >= 4 is 28.5 Å². The molecule has 36 heavy (non-hydrogen) atoms. The van der Waals surface area contributed by atoms with Gasteiger partial charge in [0.25, 0.3) is 5.91 Å². The lowest BCUT2D eigenvalue weighted by Gasteiger charge is -2.26. The minimum Gasteiger partial charge on any atom is -0.493 e. The molecule has 0 saturated heterocycles. The van der Waals surface area contributed by atoms with Gasteiger partial charge in [-0.05, 0) is 67.3 Å². The molecule has 1 amide bonds. The SMILES string of the molecule is CCOc1ccc(C2c3c(oc4cc(C)cc(C)c4c3=O)C(=O)N2Cc2ccccc2Cl)cc1OC. The van der Waals surface area contributed by atoms with Crippen LogP contribution in [0.4, 0.5) is 0 Å². The second kappa shape index (κ2) is 9.36. The van der Waals surface area contributed by atoms with Gasteiger partial charge < -0.3 is 18.8 Å². The van der Waals surface area contributed by atoms with Gasteiger partial charge in [0.05, 0.1) is 30.7 Å². The van der Waals surface area contributed by atoms with Crippen LogP contribution in [0.15, 0.2) is 63.8 Å². The van der Waals surface area contributed by atoms with E-state index in [9.17, 15) is 9.59 Å². The van der Waals surface area contributed by atoms with E-state index < -0.39 is 6.04 Å². The van der Waals surface area contributed by atoms with E-state index in [1.807, 2.05) is 57.2 Å². The van der Waals surface area contributed by atoms with Crippen LogP contribution in [0.2, 0.25) is 5.02 Å². The Morgan fingerprint density at radius 2 is 1.81 bits per heavy atom. The molecule has 0 saturated carbocycles. The first-order valence-electron chi connectivity index (χ1n) is 11.8. The average molecular weight is 504 g/mol. The number of hydrogen-bond donors (Lipinski definition) is 0. The minimum absolute atomic E-state index is 0.0578. The summed E-state index contributed by atoms with van der Waals surface area (Å²) in [7, 11) is 1.56. The number of amides is 1. The first kappa shape index (κ1) is 23.9. The molecule has 2 heterocycles. The van der Waals surface area contributed by atoms with Crippen molar-refractivity contribution in [1.82, 2.24) is 4.90 Å². The van der Waals surface area contributed by atoms with E-state index in [4.69, 9.17) is 25.5 Å².